The fourth-order valence-corrected chi connectivity index (χ4v) is 8.99. The SMILES string of the molecule is COC(=O)CCCCCCCCC(=O)N[C@H]1CC[C@@]2(C)C(=CC[C@@H]3[C@@H]2CC[C@]2(C)C(c4cccnc4)=CC[C@@H]32)C1. The van der Waals surface area contributed by atoms with E-state index in [4.69, 9.17) is 0 Å². The molecule has 5 nitrogen and oxygen atoms in total. The predicted molar refractivity (Wildman–Crippen MR) is 160 cm³/mol. The highest BCUT2D eigenvalue weighted by atomic mass is 16.5. The van der Waals surface area contributed by atoms with Crippen molar-refractivity contribution in [3.05, 3.63) is 47.8 Å². The minimum Gasteiger partial charge on any atom is -0.469 e. The summed E-state index contributed by atoms with van der Waals surface area (Å²) in [5, 5.41) is 3.39. The molecule has 4 aliphatic carbocycles. The molecule has 1 aromatic rings. The predicted octanol–water partition coefficient (Wildman–Crippen LogP) is 7.82. The molecule has 5 heteroatoms. The van der Waals surface area contributed by atoms with Crippen molar-refractivity contribution in [1.29, 1.82) is 0 Å². The van der Waals surface area contributed by atoms with Crippen LogP contribution in [-0.2, 0) is 14.3 Å². The average Bonchev–Trinajstić information content (AvgIpc) is 3.32. The first-order valence-corrected chi connectivity index (χ1v) is 16.0. The summed E-state index contributed by atoms with van der Waals surface area (Å²) >= 11 is 0. The molecular weight excluding hydrogens is 496 g/mol. The van der Waals surface area contributed by atoms with Crippen molar-refractivity contribution < 1.29 is 14.3 Å². The fraction of sp³-hybridized carbons (Fsp3) is 0.686. The van der Waals surface area contributed by atoms with E-state index in [1.165, 1.54) is 50.4 Å². The Morgan fingerprint density at radius 2 is 1.70 bits per heavy atom. The number of nitrogens with one attached hydrogen (secondary N) is 1. The summed E-state index contributed by atoms with van der Waals surface area (Å²) in [5.41, 5.74) is 5.03. The van der Waals surface area contributed by atoms with E-state index in [9.17, 15) is 9.59 Å². The van der Waals surface area contributed by atoms with E-state index in [0.717, 1.165) is 69.1 Å². The maximum Gasteiger partial charge on any atom is 0.305 e. The topological polar surface area (TPSA) is 68.3 Å². The van der Waals surface area contributed by atoms with Crippen LogP contribution in [0.3, 0.4) is 0 Å². The Bertz CT molecular complexity index is 1110. The second-order valence-corrected chi connectivity index (χ2v) is 13.5. The molecular formula is C35H50N2O3. The number of unbranched alkanes of at least 4 members (excludes halogenated alkanes) is 5. The van der Waals surface area contributed by atoms with Gasteiger partial charge in [0.2, 0.25) is 5.91 Å². The molecule has 0 aromatic carbocycles. The van der Waals surface area contributed by atoms with Crippen molar-refractivity contribution in [2.24, 2.45) is 28.6 Å². The third-order valence-corrected chi connectivity index (χ3v) is 11.3. The highest BCUT2D eigenvalue weighted by Crippen LogP contribution is 2.66. The monoisotopic (exact) mass is 546 g/mol. The Morgan fingerprint density at radius 3 is 2.45 bits per heavy atom. The largest absolute Gasteiger partial charge is 0.469 e. The van der Waals surface area contributed by atoms with E-state index in [-0.39, 0.29) is 22.7 Å². The van der Waals surface area contributed by atoms with E-state index in [0.29, 0.717) is 18.9 Å². The second-order valence-electron chi connectivity index (χ2n) is 13.5. The van der Waals surface area contributed by atoms with Gasteiger partial charge in [0, 0.05) is 31.3 Å². The van der Waals surface area contributed by atoms with Gasteiger partial charge in [-0.1, -0.05) is 63.3 Å². The first-order chi connectivity index (χ1) is 19.3. The van der Waals surface area contributed by atoms with Crippen LogP contribution in [0.1, 0.15) is 116 Å². The van der Waals surface area contributed by atoms with Gasteiger partial charge in [0.05, 0.1) is 7.11 Å². The number of nitrogens with zero attached hydrogens (tertiary/aromatic N) is 1. The fourth-order valence-electron chi connectivity index (χ4n) is 8.99. The number of esters is 1. The molecule has 0 bridgehead atoms. The highest BCUT2D eigenvalue weighted by molar-refractivity contribution is 5.76. The number of hydrogen-bond donors (Lipinski definition) is 1. The van der Waals surface area contributed by atoms with Crippen LogP contribution < -0.4 is 5.32 Å². The molecule has 218 valence electrons. The molecule has 6 atom stereocenters. The molecule has 0 spiro atoms. The van der Waals surface area contributed by atoms with Crippen LogP contribution in [0, 0.1) is 28.6 Å². The Kier molecular flexibility index (Phi) is 9.17. The van der Waals surface area contributed by atoms with Crippen molar-refractivity contribution in [2.75, 3.05) is 7.11 Å². The molecule has 1 amide bonds. The lowest BCUT2D eigenvalue weighted by atomic mass is 9.47. The second kappa shape index (κ2) is 12.6. The summed E-state index contributed by atoms with van der Waals surface area (Å²) in [4.78, 5) is 28.3. The number of allylic oxidation sites excluding steroid dienone is 3. The van der Waals surface area contributed by atoms with Gasteiger partial charge < -0.3 is 10.1 Å². The van der Waals surface area contributed by atoms with E-state index < -0.39 is 0 Å². The van der Waals surface area contributed by atoms with Gasteiger partial charge in [0.15, 0.2) is 0 Å². The van der Waals surface area contributed by atoms with Crippen LogP contribution in [0.4, 0.5) is 0 Å². The molecule has 0 saturated heterocycles. The van der Waals surface area contributed by atoms with Gasteiger partial charge in [0.1, 0.15) is 0 Å². The lowest BCUT2D eigenvalue weighted by Gasteiger charge is -2.58. The number of hydrogen-bond acceptors (Lipinski definition) is 4. The summed E-state index contributed by atoms with van der Waals surface area (Å²) < 4.78 is 4.69. The van der Waals surface area contributed by atoms with Crippen molar-refractivity contribution in [2.45, 2.75) is 116 Å². The quantitative estimate of drug-likeness (QED) is 0.175. The third kappa shape index (κ3) is 5.94. The Labute approximate surface area is 241 Å². The van der Waals surface area contributed by atoms with E-state index in [1.54, 1.807) is 5.57 Å². The summed E-state index contributed by atoms with van der Waals surface area (Å²) in [7, 11) is 1.44. The van der Waals surface area contributed by atoms with Gasteiger partial charge in [-0.15, -0.1) is 0 Å². The van der Waals surface area contributed by atoms with E-state index >= 15 is 0 Å². The van der Waals surface area contributed by atoms with Crippen molar-refractivity contribution in [1.82, 2.24) is 10.3 Å². The summed E-state index contributed by atoms with van der Waals surface area (Å²) in [6.07, 6.45) is 24.8. The lowest BCUT2D eigenvalue weighted by Crippen LogP contribution is -2.51. The minimum atomic E-state index is -0.119. The minimum absolute atomic E-state index is 0.119. The van der Waals surface area contributed by atoms with Crippen LogP contribution in [0.25, 0.3) is 5.57 Å². The summed E-state index contributed by atoms with van der Waals surface area (Å²) in [5.74, 6) is 2.34. The van der Waals surface area contributed by atoms with Gasteiger partial charge in [0.25, 0.3) is 0 Å². The number of aromatic nitrogens is 1. The number of amides is 1. The van der Waals surface area contributed by atoms with Gasteiger partial charge in [-0.05, 0) is 104 Å². The summed E-state index contributed by atoms with van der Waals surface area (Å²) in [6.45, 7) is 5.07. The van der Waals surface area contributed by atoms with Gasteiger partial charge in [-0.3, -0.25) is 14.6 Å². The maximum atomic E-state index is 12.7. The molecule has 5 rings (SSSR count). The molecule has 0 radical (unpaired) electrons. The van der Waals surface area contributed by atoms with Crippen LogP contribution in [0.2, 0.25) is 0 Å². The van der Waals surface area contributed by atoms with Gasteiger partial charge >= 0.3 is 5.97 Å². The Balaban J connectivity index is 1.09. The maximum absolute atomic E-state index is 12.7. The standard InChI is InChI=1S/C35H50N2O3/c1-34-20-18-27(37-32(38)12-8-6-4-5-7-9-13-33(39)40-3)23-26(34)14-15-28-30-17-16-29(25-11-10-22-36-24-25)35(30,2)21-19-31(28)34/h10-11,14,16,22,24,27-28,30-31H,4-9,12-13,15,17-21,23H2,1-3H3,(H,37,38)/t27-,28-,30-,31-,34-,35+/m0/s1. The lowest BCUT2D eigenvalue weighted by molar-refractivity contribution is -0.140. The molecule has 1 heterocycles. The molecule has 2 fully saturated rings. The number of pyridine rings is 1. The third-order valence-electron chi connectivity index (χ3n) is 11.3. The van der Waals surface area contributed by atoms with Crippen molar-refractivity contribution >= 4 is 17.4 Å². The van der Waals surface area contributed by atoms with Crippen LogP contribution in [0.5, 0.6) is 0 Å². The number of carbonyl (C=O) groups is 2. The molecule has 1 N–H and O–H groups in total. The van der Waals surface area contributed by atoms with Crippen LogP contribution in [-0.4, -0.2) is 30.0 Å². The van der Waals surface area contributed by atoms with E-state index in [1.807, 2.05) is 6.20 Å². The normalized spacial score (nSPS) is 32.7. The molecule has 0 aliphatic heterocycles. The highest BCUT2D eigenvalue weighted by Gasteiger charge is 2.56. The smallest absolute Gasteiger partial charge is 0.305 e. The molecule has 2 saturated carbocycles. The number of methoxy groups -OCH3 is 1. The number of fused-ring (bicyclic) bond motifs is 5. The first kappa shape index (κ1) is 29.1. The molecule has 1 aromatic heterocycles. The molecule has 4 aliphatic rings. The van der Waals surface area contributed by atoms with Crippen molar-refractivity contribution in [3.63, 3.8) is 0 Å². The zero-order valence-electron chi connectivity index (χ0n) is 25.1. The Hall–Kier alpha value is -2.43. The van der Waals surface area contributed by atoms with Crippen molar-refractivity contribution in [3.8, 4) is 0 Å². The van der Waals surface area contributed by atoms with Gasteiger partial charge in [-0.2, -0.15) is 0 Å². The van der Waals surface area contributed by atoms with Gasteiger partial charge in [-0.25, -0.2) is 0 Å². The van der Waals surface area contributed by atoms with Crippen LogP contribution in [0.15, 0.2) is 42.3 Å². The zero-order valence-corrected chi connectivity index (χ0v) is 25.1. The summed E-state index contributed by atoms with van der Waals surface area (Å²) in [6, 6.07) is 4.61. The number of rotatable bonds is 11. The van der Waals surface area contributed by atoms with Crippen LogP contribution >= 0.6 is 0 Å². The Morgan fingerprint density at radius 1 is 0.950 bits per heavy atom. The van der Waals surface area contributed by atoms with E-state index in [2.05, 4.69) is 59.4 Å². The first-order valence-electron chi connectivity index (χ1n) is 16.0. The molecule has 40 heavy (non-hydrogen) atoms. The zero-order chi connectivity index (χ0) is 28.2. The molecule has 0 unspecified atom stereocenters. The average molecular weight is 547 g/mol. The number of ether oxygens (including phenoxy) is 1. The number of carbonyl (C=O) groups excluding carboxylic acids is 2.